The number of carboxylic acid groups (broad SMARTS) is 1. The van der Waals surface area contributed by atoms with E-state index in [1.807, 2.05) is 42.5 Å². The van der Waals surface area contributed by atoms with Crippen LogP contribution in [0, 0.1) is 5.82 Å². The molecule has 0 fully saturated rings. The van der Waals surface area contributed by atoms with Crippen molar-refractivity contribution in [3.8, 4) is 22.3 Å². The summed E-state index contributed by atoms with van der Waals surface area (Å²) in [5, 5.41) is 10.2. The monoisotopic (exact) mass is 357 g/mol. The summed E-state index contributed by atoms with van der Waals surface area (Å²) in [5.74, 6) is -1.70. The average Bonchev–Trinajstić information content (AvgIpc) is 2.69. The van der Waals surface area contributed by atoms with Crippen LogP contribution < -0.4 is 5.73 Å². The SMILES string of the molecule is Nc1c(-c2ccccc2-c2ccccc2)c(F)c2ccccc2c1C(=O)O. The molecule has 0 aliphatic heterocycles. The van der Waals surface area contributed by atoms with Gasteiger partial charge in [0.15, 0.2) is 0 Å². The normalized spacial score (nSPS) is 10.9. The maximum absolute atomic E-state index is 15.5. The quantitative estimate of drug-likeness (QED) is 0.470. The van der Waals surface area contributed by atoms with Crippen molar-refractivity contribution in [2.24, 2.45) is 0 Å². The Labute approximate surface area is 155 Å². The van der Waals surface area contributed by atoms with Gasteiger partial charge in [-0.1, -0.05) is 78.9 Å². The van der Waals surface area contributed by atoms with E-state index >= 15 is 4.39 Å². The smallest absolute Gasteiger partial charge is 0.338 e. The number of aromatic carboxylic acids is 1. The molecule has 132 valence electrons. The summed E-state index contributed by atoms with van der Waals surface area (Å²) in [5.41, 5.74) is 8.43. The highest BCUT2D eigenvalue weighted by atomic mass is 19.1. The highest BCUT2D eigenvalue weighted by Crippen LogP contribution is 2.41. The summed E-state index contributed by atoms with van der Waals surface area (Å²) < 4.78 is 15.5. The van der Waals surface area contributed by atoms with Gasteiger partial charge in [-0.15, -0.1) is 0 Å². The van der Waals surface area contributed by atoms with Crippen molar-refractivity contribution in [2.45, 2.75) is 0 Å². The second-order valence-corrected chi connectivity index (χ2v) is 6.24. The lowest BCUT2D eigenvalue weighted by Gasteiger charge is -2.17. The topological polar surface area (TPSA) is 63.3 Å². The van der Waals surface area contributed by atoms with Crippen molar-refractivity contribution in [2.75, 3.05) is 5.73 Å². The lowest BCUT2D eigenvalue weighted by atomic mass is 9.89. The molecular formula is C23H16FNO2. The lowest BCUT2D eigenvalue weighted by molar-refractivity contribution is 0.0700. The number of halogens is 1. The fourth-order valence-electron chi connectivity index (χ4n) is 3.48. The van der Waals surface area contributed by atoms with Gasteiger partial charge in [-0.2, -0.15) is 0 Å². The largest absolute Gasteiger partial charge is 0.478 e. The van der Waals surface area contributed by atoms with Gasteiger partial charge in [0.2, 0.25) is 0 Å². The van der Waals surface area contributed by atoms with Crippen LogP contribution in [0.15, 0.2) is 78.9 Å². The Morgan fingerprint density at radius 2 is 1.33 bits per heavy atom. The van der Waals surface area contributed by atoms with Crippen LogP contribution in [0.25, 0.3) is 33.0 Å². The van der Waals surface area contributed by atoms with Gasteiger partial charge in [-0.3, -0.25) is 0 Å². The minimum atomic E-state index is -1.18. The molecule has 0 atom stereocenters. The first-order valence-electron chi connectivity index (χ1n) is 8.47. The number of rotatable bonds is 3. The van der Waals surface area contributed by atoms with E-state index in [1.165, 1.54) is 0 Å². The van der Waals surface area contributed by atoms with Gasteiger partial charge >= 0.3 is 5.97 Å². The first kappa shape index (κ1) is 16.8. The molecule has 0 aliphatic carbocycles. The van der Waals surface area contributed by atoms with E-state index in [0.29, 0.717) is 10.9 Å². The first-order chi connectivity index (χ1) is 13.1. The van der Waals surface area contributed by atoms with Gasteiger partial charge in [-0.25, -0.2) is 9.18 Å². The third-order valence-electron chi connectivity index (χ3n) is 4.69. The number of fused-ring (bicyclic) bond motifs is 1. The molecule has 27 heavy (non-hydrogen) atoms. The number of nitrogen functional groups attached to an aromatic ring is 1. The molecule has 0 unspecified atom stereocenters. The standard InChI is InChI=1S/C23H16FNO2/c24-21-18-13-7-6-12-17(18)20(23(26)27)22(25)19(21)16-11-5-4-10-15(16)14-8-2-1-3-9-14/h1-13H,25H2,(H,26,27). The second-order valence-electron chi connectivity index (χ2n) is 6.24. The number of hydrogen-bond acceptors (Lipinski definition) is 2. The molecule has 0 spiro atoms. The number of nitrogens with two attached hydrogens (primary N) is 1. The number of carbonyl (C=O) groups is 1. The summed E-state index contributed by atoms with van der Waals surface area (Å²) in [6.45, 7) is 0. The summed E-state index contributed by atoms with van der Waals surface area (Å²) in [6, 6.07) is 23.3. The predicted octanol–water partition coefficient (Wildman–Crippen LogP) is 5.59. The lowest BCUT2D eigenvalue weighted by Crippen LogP contribution is -2.07. The fourth-order valence-corrected chi connectivity index (χ4v) is 3.48. The number of anilines is 1. The zero-order valence-corrected chi connectivity index (χ0v) is 14.3. The molecule has 0 bridgehead atoms. The summed E-state index contributed by atoms with van der Waals surface area (Å²) in [6.07, 6.45) is 0. The van der Waals surface area contributed by atoms with Crippen LogP contribution in [0.5, 0.6) is 0 Å². The summed E-state index contributed by atoms with van der Waals surface area (Å²) >= 11 is 0. The van der Waals surface area contributed by atoms with E-state index in [-0.39, 0.29) is 22.2 Å². The maximum Gasteiger partial charge on any atom is 0.338 e. The Bertz CT molecular complexity index is 1170. The zero-order chi connectivity index (χ0) is 19.0. The highest BCUT2D eigenvalue weighted by molar-refractivity contribution is 6.13. The van der Waals surface area contributed by atoms with Crippen molar-refractivity contribution in [3.63, 3.8) is 0 Å². The van der Waals surface area contributed by atoms with Gasteiger partial charge in [0.05, 0.1) is 11.3 Å². The minimum absolute atomic E-state index is 0.0675. The molecule has 3 N–H and O–H groups in total. The van der Waals surface area contributed by atoms with Crippen LogP contribution >= 0.6 is 0 Å². The van der Waals surface area contributed by atoms with Gasteiger partial charge in [0, 0.05) is 16.3 Å². The first-order valence-corrected chi connectivity index (χ1v) is 8.47. The van der Waals surface area contributed by atoms with Crippen LogP contribution in [0.4, 0.5) is 10.1 Å². The van der Waals surface area contributed by atoms with Gasteiger partial charge in [-0.05, 0) is 16.7 Å². The molecule has 0 aliphatic rings. The number of carboxylic acids is 1. The van der Waals surface area contributed by atoms with Crippen molar-refractivity contribution in [1.29, 1.82) is 0 Å². The van der Waals surface area contributed by atoms with Crippen LogP contribution in [-0.4, -0.2) is 11.1 Å². The Morgan fingerprint density at radius 1 is 0.778 bits per heavy atom. The average molecular weight is 357 g/mol. The van der Waals surface area contributed by atoms with E-state index in [9.17, 15) is 9.90 Å². The van der Waals surface area contributed by atoms with Gasteiger partial charge < -0.3 is 10.8 Å². The van der Waals surface area contributed by atoms with Gasteiger partial charge in [0.1, 0.15) is 5.82 Å². The van der Waals surface area contributed by atoms with Crippen molar-refractivity contribution in [3.05, 3.63) is 90.2 Å². The third kappa shape index (κ3) is 2.72. The van der Waals surface area contributed by atoms with E-state index < -0.39 is 11.8 Å². The molecule has 0 radical (unpaired) electrons. The Balaban J connectivity index is 2.12. The third-order valence-corrected chi connectivity index (χ3v) is 4.69. The van der Waals surface area contributed by atoms with Crippen molar-refractivity contribution in [1.82, 2.24) is 0 Å². The molecule has 0 amide bonds. The zero-order valence-electron chi connectivity index (χ0n) is 14.3. The van der Waals surface area contributed by atoms with Gasteiger partial charge in [0.25, 0.3) is 0 Å². The van der Waals surface area contributed by atoms with E-state index in [2.05, 4.69) is 0 Å². The Kier molecular flexibility index (Phi) is 4.09. The molecule has 0 heterocycles. The van der Waals surface area contributed by atoms with Crippen LogP contribution in [0.1, 0.15) is 10.4 Å². The summed E-state index contributed by atoms with van der Waals surface area (Å²) in [4.78, 5) is 11.9. The van der Waals surface area contributed by atoms with E-state index in [4.69, 9.17) is 5.73 Å². The van der Waals surface area contributed by atoms with Crippen LogP contribution in [0.3, 0.4) is 0 Å². The van der Waals surface area contributed by atoms with Crippen molar-refractivity contribution < 1.29 is 14.3 Å². The fraction of sp³-hybridized carbons (Fsp3) is 0. The molecule has 3 nitrogen and oxygen atoms in total. The molecule has 4 aromatic rings. The minimum Gasteiger partial charge on any atom is -0.478 e. The van der Waals surface area contributed by atoms with Crippen molar-refractivity contribution >= 4 is 22.4 Å². The maximum atomic E-state index is 15.5. The molecule has 0 saturated heterocycles. The molecule has 4 aromatic carbocycles. The van der Waals surface area contributed by atoms with Crippen LogP contribution in [0.2, 0.25) is 0 Å². The molecule has 0 saturated carbocycles. The van der Waals surface area contributed by atoms with E-state index in [1.54, 1.807) is 36.4 Å². The van der Waals surface area contributed by atoms with Crippen LogP contribution in [-0.2, 0) is 0 Å². The summed E-state index contributed by atoms with van der Waals surface area (Å²) in [7, 11) is 0. The Morgan fingerprint density at radius 3 is 2.00 bits per heavy atom. The van der Waals surface area contributed by atoms with E-state index in [0.717, 1.165) is 11.1 Å². The Hall–Kier alpha value is -3.66. The second kappa shape index (κ2) is 6.57. The highest BCUT2D eigenvalue weighted by Gasteiger charge is 2.24. The molecular weight excluding hydrogens is 341 g/mol. The molecule has 0 aromatic heterocycles. The number of hydrogen-bond donors (Lipinski definition) is 2. The predicted molar refractivity (Wildman–Crippen MR) is 106 cm³/mol. The molecule has 4 heteroatoms. The molecule has 4 rings (SSSR count). The number of benzene rings is 4.